The van der Waals surface area contributed by atoms with Gasteiger partial charge < -0.3 is 20.7 Å². The maximum Gasteiger partial charge on any atom is 0.407 e. The summed E-state index contributed by atoms with van der Waals surface area (Å²) >= 11 is 1.61. The number of ether oxygens (including phenoxy) is 1. The van der Waals surface area contributed by atoms with Crippen molar-refractivity contribution in [3.05, 3.63) is 16.1 Å². The number of nitrogens with one attached hydrogen (secondary N) is 3. The maximum absolute atomic E-state index is 11.5. The van der Waals surface area contributed by atoms with Gasteiger partial charge in [0.25, 0.3) is 0 Å². The molecule has 7 nitrogen and oxygen atoms in total. The van der Waals surface area contributed by atoms with Gasteiger partial charge in [-0.1, -0.05) is 0 Å². The van der Waals surface area contributed by atoms with Crippen LogP contribution in [0.1, 0.15) is 44.7 Å². The van der Waals surface area contributed by atoms with Gasteiger partial charge in [0.05, 0.1) is 17.7 Å². The first-order valence-electron chi connectivity index (χ1n) is 8.20. The number of nitrogens with zero attached hydrogens (tertiary/aromatic N) is 2. The molecule has 3 N–H and O–H groups in total. The minimum atomic E-state index is -0.470. The minimum absolute atomic E-state index is 0.385. The van der Waals surface area contributed by atoms with E-state index >= 15 is 0 Å². The zero-order chi connectivity index (χ0) is 18.0. The molecule has 24 heavy (non-hydrogen) atoms. The standard InChI is InChI=1S/C16H29N5O2S/c1-6-17-14(20-10-13-12(2)21-11-24-13)18-8-7-9-19-15(22)23-16(3,4)5/h11H,6-10H2,1-5H3,(H,19,22)(H2,17,18,20). The average Bonchev–Trinajstić information content (AvgIpc) is 2.87. The highest BCUT2D eigenvalue weighted by atomic mass is 32.1. The first kappa shape index (κ1) is 20.2. The van der Waals surface area contributed by atoms with Gasteiger partial charge >= 0.3 is 6.09 Å². The zero-order valence-electron chi connectivity index (χ0n) is 15.2. The molecule has 0 bridgehead atoms. The van der Waals surface area contributed by atoms with Crippen molar-refractivity contribution in [2.45, 2.75) is 53.2 Å². The Hall–Kier alpha value is -1.83. The summed E-state index contributed by atoms with van der Waals surface area (Å²) in [6.45, 7) is 12.2. The Morgan fingerprint density at radius 2 is 2.00 bits per heavy atom. The lowest BCUT2D eigenvalue weighted by Gasteiger charge is -2.19. The van der Waals surface area contributed by atoms with Gasteiger partial charge in [0.15, 0.2) is 5.96 Å². The molecule has 136 valence electrons. The number of aryl methyl sites for hydroxylation is 1. The molecule has 1 aromatic rings. The Morgan fingerprint density at radius 1 is 1.29 bits per heavy atom. The van der Waals surface area contributed by atoms with E-state index in [0.29, 0.717) is 19.6 Å². The van der Waals surface area contributed by atoms with Crippen molar-refractivity contribution in [2.24, 2.45) is 4.99 Å². The van der Waals surface area contributed by atoms with Crippen LogP contribution in [-0.4, -0.2) is 42.3 Å². The highest BCUT2D eigenvalue weighted by Crippen LogP contribution is 2.12. The number of hydrogen-bond acceptors (Lipinski definition) is 5. The lowest BCUT2D eigenvalue weighted by atomic mass is 10.2. The molecule has 0 spiro atoms. The third-order valence-corrected chi connectivity index (χ3v) is 3.80. The number of hydrogen-bond donors (Lipinski definition) is 3. The van der Waals surface area contributed by atoms with Crippen LogP contribution in [0.15, 0.2) is 10.5 Å². The van der Waals surface area contributed by atoms with Gasteiger partial charge in [-0.05, 0) is 41.0 Å². The van der Waals surface area contributed by atoms with Crippen molar-refractivity contribution in [3.63, 3.8) is 0 Å². The summed E-state index contributed by atoms with van der Waals surface area (Å²) in [5, 5.41) is 9.20. The number of aromatic nitrogens is 1. The summed E-state index contributed by atoms with van der Waals surface area (Å²) in [6.07, 6.45) is 0.396. The van der Waals surface area contributed by atoms with Crippen LogP contribution in [0.3, 0.4) is 0 Å². The van der Waals surface area contributed by atoms with Crippen LogP contribution in [0, 0.1) is 6.92 Å². The highest BCUT2D eigenvalue weighted by Gasteiger charge is 2.15. The lowest BCUT2D eigenvalue weighted by Crippen LogP contribution is -2.39. The highest BCUT2D eigenvalue weighted by molar-refractivity contribution is 7.09. The number of carbonyl (C=O) groups excluding carboxylic acids is 1. The molecule has 0 aromatic carbocycles. The van der Waals surface area contributed by atoms with E-state index in [1.54, 1.807) is 11.3 Å². The Bertz CT molecular complexity index is 537. The summed E-state index contributed by atoms with van der Waals surface area (Å²) in [5.74, 6) is 0.766. The predicted octanol–water partition coefficient (Wildman–Crippen LogP) is 2.42. The molecule has 0 saturated heterocycles. The smallest absolute Gasteiger partial charge is 0.407 e. The topological polar surface area (TPSA) is 87.6 Å². The first-order chi connectivity index (χ1) is 11.3. The number of amides is 1. The third-order valence-electron chi connectivity index (χ3n) is 2.88. The SMILES string of the molecule is CCNC(=NCc1scnc1C)NCCCNC(=O)OC(C)(C)C. The van der Waals surface area contributed by atoms with Crippen LogP contribution in [0.2, 0.25) is 0 Å². The maximum atomic E-state index is 11.5. The summed E-state index contributed by atoms with van der Waals surface area (Å²) in [5.41, 5.74) is 2.39. The van der Waals surface area contributed by atoms with Gasteiger partial charge in [-0.15, -0.1) is 11.3 Å². The van der Waals surface area contributed by atoms with E-state index in [-0.39, 0.29) is 6.09 Å². The van der Waals surface area contributed by atoms with Crippen LogP contribution in [0.4, 0.5) is 4.79 Å². The molecule has 1 rings (SSSR count). The summed E-state index contributed by atoms with van der Waals surface area (Å²) in [7, 11) is 0. The number of alkyl carbamates (subject to hydrolysis) is 1. The fourth-order valence-electron chi connectivity index (χ4n) is 1.77. The molecule has 0 radical (unpaired) electrons. The second-order valence-corrected chi connectivity index (χ2v) is 7.20. The quantitative estimate of drug-likeness (QED) is 0.397. The lowest BCUT2D eigenvalue weighted by molar-refractivity contribution is 0.0527. The molecular formula is C16H29N5O2S. The third kappa shape index (κ3) is 8.71. The number of guanidine groups is 1. The Labute approximate surface area is 148 Å². The number of rotatable bonds is 7. The second kappa shape index (κ2) is 10.1. The number of thiazole rings is 1. The fourth-order valence-corrected chi connectivity index (χ4v) is 2.47. The molecule has 0 aliphatic heterocycles. The van der Waals surface area contributed by atoms with Crippen molar-refractivity contribution in [1.29, 1.82) is 0 Å². The van der Waals surface area contributed by atoms with Gasteiger partial charge in [-0.3, -0.25) is 0 Å². The monoisotopic (exact) mass is 355 g/mol. The summed E-state index contributed by atoms with van der Waals surface area (Å²) < 4.78 is 5.18. The minimum Gasteiger partial charge on any atom is -0.444 e. The Morgan fingerprint density at radius 3 is 2.58 bits per heavy atom. The molecule has 0 aliphatic rings. The molecule has 1 heterocycles. The van der Waals surface area contributed by atoms with Crippen LogP contribution in [-0.2, 0) is 11.3 Å². The molecule has 0 saturated carbocycles. The molecule has 0 fully saturated rings. The van der Waals surface area contributed by atoms with Crippen molar-refractivity contribution in [2.75, 3.05) is 19.6 Å². The molecular weight excluding hydrogens is 326 g/mol. The van der Waals surface area contributed by atoms with E-state index in [4.69, 9.17) is 4.74 Å². The summed E-state index contributed by atoms with van der Waals surface area (Å²) in [4.78, 5) is 21.5. The van der Waals surface area contributed by atoms with Crippen molar-refractivity contribution < 1.29 is 9.53 Å². The van der Waals surface area contributed by atoms with Gasteiger partial charge in [-0.2, -0.15) is 0 Å². The average molecular weight is 356 g/mol. The van der Waals surface area contributed by atoms with Gasteiger partial charge in [0.2, 0.25) is 0 Å². The molecule has 1 aromatic heterocycles. The van der Waals surface area contributed by atoms with Crippen LogP contribution < -0.4 is 16.0 Å². The van der Waals surface area contributed by atoms with E-state index in [0.717, 1.165) is 24.6 Å². The fraction of sp³-hybridized carbons (Fsp3) is 0.688. The molecule has 0 unspecified atom stereocenters. The van der Waals surface area contributed by atoms with Gasteiger partial charge in [-0.25, -0.2) is 14.8 Å². The molecule has 1 amide bonds. The Kier molecular flexibility index (Phi) is 8.53. The van der Waals surface area contributed by atoms with Crippen LogP contribution in [0.5, 0.6) is 0 Å². The van der Waals surface area contributed by atoms with E-state index in [1.165, 1.54) is 4.88 Å². The number of carbonyl (C=O) groups is 1. The summed E-state index contributed by atoms with van der Waals surface area (Å²) in [6, 6.07) is 0. The van der Waals surface area contributed by atoms with Gasteiger partial charge in [0.1, 0.15) is 5.60 Å². The molecule has 0 aliphatic carbocycles. The number of aliphatic imine (C=N–C) groups is 1. The van der Waals surface area contributed by atoms with Crippen molar-refractivity contribution in [3.8, 4) is 0 Å². The van der Waals surface area contributed by atoms with E-state index < -0.39 is 5.60 Å². The molecule has 0 atom stereocenters. The van der Waals surface area contributed by atoms with Crippen LogP contribution >= 0.6 is 11.3 Å². The van der Waals surface area contributed by atoms with E-state index in [9.17, 15) is 4.79 Å². The van der Waals surface area contributed by atoms with E-state index in [1.807, 2.05) is 40.1 Å². The first-order valence-corrected chi connectivity index (χ1v) is 9.07. The predicted molar refractivity (Wildman–Crippen MR) is 98.5 cm³/mol. The second-order valence-electron chi connectivity index (χ2n) is 6.27. The van der Waals surface area contributed by atoms with Crippen LogP contribution in [0.25, 0.3) is 0 Å². The normalized spacial score (nSPS) is 12.0. The zero-order valence-corrected chi connectivity index (χ0v) is 16.0. The largest absolute Gasteiger partial charge is 0.444 e. The van der Waals surface area contributed by atoms with Crippen molar-refractivity contribution in [1.82, 2.24) is 20.9 Å². The Balaban J connectivity index is 2.29. The van der Waals surface area contributed by atoms with Gasteiger partial charge in [0, 0.05) is 24.5 Å². The van der Waals surface area contributed by atoms with E-state index in [2.05, 4.69) is 25.9 Å². The molecule has 8 heteroatoms. The van der Waals surface area contributed by atoms with Crippen molar-refractivity contribution >= 4 is 23.4 Å².